The van der Waals surface area contributed by atoms with Crippen LogP contribution in [0.1, 0.15) is 11.1 Å². The lowest BCUT2D eigenvalue weighted by molar-refractivity contribution is -0.137. The molecule has 0 atom stereocenters. The first kappa shape index (κ1) is 10.5. The Bertz CT molecular complexity index is 313. The minimum absolute atomic E-state index is 0.286. The summed E-state index contributed by atoms with van der Waals surface area (Å²) in [4.78, 5) is 0. The number of rotatable bonds is 1. The molecule has 1 rings (SSSR count). The molecule has 0 saturated heterocycles. The van der Waals surface area contributed by atoms with E-state index < -0.39 is 11.7 Å². The molecule has 0 saturated carbocycles. The molecule has 0 aliphatic rings. The maximum atomic E-state index is 12.1. The number of benzene rings is 1. The highest BCUT2D eigenvalue weighted by Gasteiger charge is 2.29. The number of hydrogen-bond donors (Lipinski definition) is 1. The molecule has 0 heterocycles. The lowest BCUT2D eigenvalue weighted by atomic mass is 10.1. The first-order valence-corrected chi connectivity index (χ1v) is 4.17. The first-order valence-electron chi connectivity index (χ1n) is 3.32. The van der Waals surface area contributed by atoms with E-state index in [4.69, 9.17) is 0 Å². The van der Waals surface area contributed by atoms with Crippen LogP contribution in [0.2, 0.25) is 0 Å². The van der Waals surface area contributed by atoms with Crippen LogP contribution in [0, 0.1) is 0 Å². The molecule has 0 fully saturated rings. The van der Waals surface area contributed by atoms with Gasteiger partial charge >= 0.3 is 6.18 Å². The van der Waals surface area contributed by atoms with Gasteiger partial charge in [0.25, 0.3) is 0 Å². The van der Waals surface area contributed by atoms with Crippen LogP contribution in [0.4, 0.5) is 13.2 Å². The van der Waals surface area contributed by atoms with Crippen LogP contribution in [0.3, 0.4) is 0 Å². The standard InChI is InChI=1S/C8H5F3S2/c9-8(10,11)6-3-1-5(2-4-6)7(12)13/h1-4H,(H,12,13). The summed E-state index contributed by atoms with van der Waals surface area (Å²) in [6.45, 7) is 0. The highest BCUT2D eigenvalue weighted by molar-refractivity contribution is 8.11. The van der Waals surface area contributed by atoms with Crippen LogP contribution in [-0.2, 0) is 6.18 Å². The molecule has 0 N–H and O–H groups in total. The predicted molar refractivity (Wildman–Crippen MR) is 52.1 cm³/mol. The van der Waals surface area contributed by atoms with Gasteiger partial charge in [0.05, 0.1) is 9.76 Å². The predicted octanol–water partition coefficient (Wildman–Crippen LogP) is 3.31. The van der Waals surface area contributed by atoms with Gasteiger partial charge in [0, 0.05) is 0 Å². The van der Waals surface area contributed by atoms with Crippen LogP contribution < -0.4 is 0 Å². The van der Waals surface area contributed by atoms with E-state index in [0.29, 0.717) is 5.56 Å². The fourth-order valence-electron chi connectivity index (χ4n) is 0.802. The van der Waals surface area contributed by atoms with E-state index >= 15 is 0 Å². The minimum Gasteiger partial charge on any atom is -0.166 e. The molecule has 70 valence electrons. The highest BCUT2D eigenvalue weighted by Crippen LogP contribution is 2.29. The maximum absolute atomic E-state index is 12.1. The molecule has 0 aromatic heterocycles. The number of thiol groups is 1. The molecule has 0 amide bonds. The monoisotopic (exact) mass is 222 g/mol. The van der Waals surface area contributed by atoms with Gasteiger partial charge in [0.1, 0.15) is 0 Å². The van der Waals surface area contributed by atoms with Gasteiger partial charge in [-0.25, -0.2) is 0 Å². The Morgan fingerprint density at radius 3 is 1.92 bits per heavy atom. The number of thiocarbonyl (C=S) groups is 1. The van der Waals surface area contributed by atoms with Gasteiger partial charge in [0.2, 0.25) is 0 Å². The van der Waals surface area contributed by atoms with Gasteiger partial charge < -0.3 is 0 Å². The summed E-state index contributed by atoms with van der Waals surface area (Å²) in [5.74, 6) is 0. The summed E-state index contributed by atoms with van der Waals surface area (Å²) < 4.78 is 36.5. The molecular weight excluding hydrogens is 217 g/mol. The minimum atomic E-state index is -4.29. The normalized spacial score (nSPS) is 11.4. The molecule has 5 heteroatoms. The number of halogens is 3. The summed E-state index contributed by atoms with van der Waals surface area (Å²) in [6.07, 6.45) is -4.29. The Balaban J connectivity index is 3.01. The van der Waals surface area contributed by atoms with Crippen molar-refractivity contribution in [2.75, 3.05) is 0 Å². The van der Waals surface area contributed by atoms with Crippen molar-refractivity contribution in [1.29, 1.82) is 0 Å². The average Bonchev–Trinajstić information content (AvgIpc) is 2.03. The molecule has 0 aliphatic heterocycles. The third-order valence-electron chi connectivity index (χ3n) is 1.46. The Morgan fingerprint density at radius 2 is 1.62 bits per heavy atom. The van der Waals surface area contributed by atoms with E-state index in [1.165, 1.54) is 12.1 Å². The zero-order valence-corrected chi connectivity index (χ0v) is 8.01. The van der Waals surface area contributed by atoms with Crippen molar-refractivity contribution in [3.8, 4) is 0 Å². The first-order chi connectivity index (χ1) is 5.91. The smallest absolute Gasteiger partial charge is 0.166 e. The fraction of sp³-hybridized carbons (Fsp3) is 0.125. The van der Waals surface area contributed by atoms with Gasteiger partial charge in [-0.2, -0.15) is 13.2 Å². The van der Waals surface area contributed by atoms with Gasteiger partial charge in [-0.15, -0.1) is 12.6 Å². The Hall–Kier alpha value is -0.550. The van der Waals surface area contributed by atoms with Gasteiger partial charge in [0.15, 0.2) is 0 Å². The Morgan fingerprint density at radius 1 is 1.15 bits per heavy atom. The summed E-state index contributed by atoms with van der Waals surface area (Å²) in [7, 11) is 0. The summed E-state index contributed by atoms with van der Waals surface area (Å²) in [5.41, 5.74) is -0.160. The summed E-state index contributed by atoms with van der Waals surface area (Å²) in [6, 6.07) is 4.58. The SMILES string of the molecule is FC(F)(F)c1ccc(C(=S)S)cc1. The van der Waals surface area contributed by atoms with Crippen LogP contribution >= 0.6 is 24.8 Å². The second kappa shape index (κ2) is 3.67. The number of hydrogen-bond acceptors (Lipinski definition) is 1. The molecule has 1 aromatic carbocycles. The van der Waals surface area contributed by atoms with Crippen LogP contribution in [0.5, 0.6) is 0 Å². The summed E-state index contributed by atoms with van der Waals surface area (Å²) >= 11 is 8.53. The fourth-order valence-corrected chi connectivity index (χ4v) is 1.09. The largest absolute Gasteiger partial charge is 0.416 e. The summed E-state index contributed by atoms with van der Waals surface area (Å²) in [5, 5.41) is 0. The lowest BCUT2D eigenvalue weighted by Gasteiger charge is -2.06. The Labute approximate surface area is 84.2 Å². The van der Waals surface area contributed by atoms with Crippen molar-refractivity contribution < 1.29 is 13.2 Å². The van der Waals surface area contributed by atoms with Crippen molar-refractivity contribution in [2.24, 2.45) is 0 Å². The van der Waals surface area contributed by atoms with Crippen molar-refractivity contribution >= 4 is 29.0 Å². The lowest BCUT2D eigenvalue weighted by Crippen LogP contribution is -2.04. The van der Waals surface area contributed by atoms with E-state index in [1.807, 2.05) is 0 Å². The van der Waals surface area contributed by atoms with Gasteiger partial charge in [-0.3, -0.25) is 0 Å². The van der Waals surface area contributed by atoms with E-state index in [0.717, 1.165) is 12.1 Å². The zero-order chi connectivity index (χ0) is 10.1. The van der Waals surface area contributed by atoms with Gasteiger partial charge in [-0.1, -0.05) is 24.4 Å². The molecule has 0 aliphatic carbocycles. The van der Waals surface area contributed by atoms with E-state index in [2.05, 4.69) is 24.8 Å². The number of alkyl halides is 3. The van der Waals surface area contributed by atoms with Crippen molar-refractivity contribution in [2.45, 2.75) is 6.18 Å². The van der Waals surface area contributed by atoms with Gasteiger partial charge in [-0.05, 0) is 17.7 Å². The topological polar surface area (TPSA) is 0 Å². The van der Waals surface area contributed by atoms with E-state index in [-0.39, 0.29) is 4.20 Å². The second-order valence-corrected chi connectivity index (χ2v) is 3.54. The Kier molecular flexibility index (Phi) is 2.98. The molecule has 0 radical (unpaired) electrons. The van der Waals surface area contributed by atoms with E-state index in [9.17, 15) is 13.2 Å². The maximum Gasteiger partial charge on any atom is 0.416 e. The molecule has 0 nitrogen and oxygen atoms in total. The van der Waals surface area contributed by atoms with Crippen molar-refractivity contribution in [1.82, 2.24) is 0 Å². The second-order valence-electron chi connectivity index (χ2n) is 2.38. The van der Waals surface area contributed by atoms with Crippen LogP contribution in [0.25, 0.3) is 0 Å². The van der Waals surface area contributed by atoms with Crippen molar-refractivity contribution in [3.05, 3.63) is 35.4 Å². The van der Waals surface area contributed by atoms with Crippen LogP contribution in [0.15, 0.2) is 24.3 Å². The quantitative estimate of drug-likeness (QED) is 0.562. The van der Waals surface area contributed by atoms with E-state index in [1.54, 1.807) is 0 Å². The molecule has 0 bridgehead atoms. The highest BCUT2D eigenvalue weighted by atomic mass is 32.1. The molecule has 13 heavy (non-hydrogen) atoms. The van der Waals surface area contributed by atoms with Crippen molar-refractivity contribution in [3.63, 3.8) is 0 Å². The third-order valence-corrected chi connectivity index (χ3v) is 1.95. The van der Waals surface area contributed by atoms with Crippen LogP contribution in [-0.4, -0.2) is 4.20 Å². The third kappa shape index (κ3) is 2.70. The zero-order valence-electron chi connectivity index (χ0n) is 6.30. The molecule has 0 spiro atoms. The molecule has 0 unspecified atom stereocenters. The molecular formula is C8H5F3S2. The average molecular weight is 222 g/mol. The molecule has 1 aromatic rings.